The van der Waals surface area contributed by atoms with Gasteiger partial charge in [0.25, 0.3) is 0 Å². The van der Waals surface area contributed by atoms with Crippen molar-refractivity contribution < 1.29 is 0 Å². The lowest BCUT2D eigenvalue weighted by Crippen LogP contribution is -2.32. The van der Waals surface area contributed by atoms with Gasteiger partial charge in [-0.25, -0.2) is 4.98 Å². The van der Waals surface area contributed by atoms with Crippen LogP contribution in [0.15, 0.2) is 65.5 Å². The van der Waals surface area contributed by atoms with Gasteiger partial charge in [-0.3, -0.25) is 20.8 Å². The fourth-order valence-corrected chi connectivity index (χ4v) is 2.32. The van der Waals surface area contributed by atoms with Crippen molar-refractivity contribution in [2.24, 2.45) is 5.10 Å². The molecule has 22 heavy (non-hydrogen) atoms. The van der Waals surface area contributed by atoms with Crippen LogP contribution in [0.3, 0.4) is 0 Å². The topological polar surface area (TPSA) is 66.3 Å². The zero-order valence-corrected chi connectivity index (χ0v) is 11.7. The summed E-state index contributed by atoms with van der Waals surface area (Å²) in [4.78, 5) is 4.49. The molecule has 0 amide bonds. The number of benzene rings is 2. The number of nitrogens with one attached hydrogen (secondary N) is 3. The minimum Gasteiger partial charge on any atom is -0.281 e. The zero-order chi connectivity index (χ0) is 14.8. The predicted octanol–water partition coefficient (Wildman–Crippen LogP) is 2.35. The highest BCUT2D eigenvalue weighted by atomic mass is 15.5. The van der Waals surface area contributed by atoms with Gasteiger partial charge in [-0.05, 0) is 17.7 Å². The average Bonchev–Trinajstić information content (AvgIpc) is 2.94. The van der Waals surface area contributed by atoms with Crippen LogP contribution < -0.4 is 16.3 Å². The highest BCUT2D eigenvalue weighted by Gasteiger charge is 2.13. The van der Waals surface area contributed by atoms with Crippen molar-refractivity contribution >= 4 is 29.4 Å². The summed E-state index contributed by atoms with van der Waals surface area (Å²) in [7, 11) is 0. The number of hydrazone groups is 1. The highest BCUT2D eigenvalue weighted by molar-refractivity contribution is 5.82. The Hall–Kier alpha value is -3.28. The van der Waals surface area contributed by atoms with E-state index in [2.05, 4.69) is 26.4 Å². The Labute approximate surface area is 127 Å². The van der Waals surface area contributed by atoms with Crippen LogP contribution in [-0.2, 0) is 0 Å². The number of hydrogen-bond acceptors (Lipinski definition) is 5. The predicted molar refractivity (Wildman–Crippen MR) is 87.9 cm³/mol. The monoisotopic (exact) mass is 290 g/mol. The van der Waals surface area contributed by atoms with Crippen LogP contribution >= 0.6 is 0 Å². The molecule has 0 fully saturated rings. The van der Waals surface area contributed by atoms with Crippen molar-refractivity contribution in [1.29, 1.82) is 0 Å². The normalized spacial score (nSPS) is 13.4. The lowest BCUT2D eigenvalue weighted by Gasteiger charge is -2.18. The first-order valence-corrected chi connectivity index (χ1v) is 6.95. The van der Waals surface area contributed by atoms with Gasteiger partial charge in [0, 0.05) is 0 Å². The van der Waals surface area contributed by atoms with Crippen LogP contribution in [0.4, 0.5) is 5.95 Å². The van der Waals surface area contributed by atoms with E-state index in [1.807, 2.05) is 65.4 Å². The average molecular weight is 290 g/mol. The van der Waals surface area contributed by atoms with Gasteiger partial charge < -0.3 is 0 Å². The fourth-order valence-electron chi connectivity index (χ4n) is 2.32. The summed E-state index contributed by atoms with van der Waals surface area (Å²) in [6.07, 6.45) is 3.69. The molecular weight excluding hydrogens is 276 g/mol. The standard InChI is InChI=1S/C16H14N6/c1-2-6-12(7-3-1)10-17-19-15-11-22-14-9-5-4-8-13(14)18-16(22)21-20-15/h1-11,19-20H,(H,18,21)/b17-10+. The van der Waals surface area contributed by atoms with Gasteiger partial charge >= 0.3 is 0 Å². The summed E-state index contributed by atoms with van der Waals surface area (Å²) >= 11 is 0. The number of hydrogen-bond donors (Lipinski definition) is 3. The number of anilines is 1. The first-order chi connectivity index (χ1) is 10.9. The van der Waals surface area contributed by atoms with E-state index in [-0.39, 0.29) is 0 Å². The molecule has 0 saturated carbocycles. The second kappa shape index (κ2) is 5.25. The van der Waals surface area contributed by atoms with E-state index in [0.29, 0.717) is 0 Å². The van der Waals surface area contributed by atoms with E-state index in [9.17, 15) is 0 Å². The van der Waals surface area contributed by atoms with Gasteiger partial charge in [0.05, 0.1) is 23.4 Å². The maximum atomic E-state index is 4.49. The second-order valence-electron chi connectivity index (χ2n) is 4.87. The molecule has 108 valence electrons. The number of imidazole rings is 1. The molecule has 3 N–H and O–H groups in total. The van der Waals surface area contributed by atoms with Gasteiger partial charge in [0.2, 0.25) is 5.95 Å². The number of nitrogens with zero attached hydrogens (tertiary/aromatic N) is 3. The summed E-state index contributed by atoms with van der Waals surface area (Å²) in [5.74, 6) is 1.49. The molecule has 0 unspecified atom stereocenters. The molecule has 4 rings (SSSR count). The van der Waals surface area contributed by atoms with Crippen LogP contribution in [0.25, 0.3) is 17.2 Å². The van der Waals surface area contributed by atoms with Gasteiger partial charge in [-0.15, -0.1) is 0 Å². The summed E-state index contributed by atoms with van der Waals surface area (Å²) < 4.78 is 1.98. The molecule has 2 heterocycles. The third-order valence-corrected chi connectivity index (χ3v) is 3.36. The molecule has 6 nitrogen and oxygen atoms in total. The maximum absolute atomic E-state index is 4.49. The number of aromatic nitrogens is 2. The van der Waals surface area contributed by atoms with E-state index in [4.69, 9.17) is 0 Å². The summed E-state index contributed by atoms with van der Waals surface area (Å²) in [5.41, 5.74) is 12.1. The van der Waals surface area contributed by atoms with Crippen molar-refractivity contribution in [2.75, 3.05) is 5.43 Å². The molecule has 0 spiro atoms. The number of fused-ring (bicyclic) bond motifs is 3. The zero-order valence-electron chi connectivity index (χ0n) is 11.7. The SMILES string of the molecule is C1=C(N/N=C/c2ccccc2)NNc2nc3ccccc3n21. The molecule has 0 bridgehead atoms. The molecular formula is C16H14N6. The van der Waals surface area contributed by atoms with E-state index in [1.165, 1.54) is 0 Å². The van der Waals surface area contributed by atoms with Crippen molar-refractivity contribution in [3.05, 3.63) is 66.0 Å². The first-order valence-electron chi connectivity index (χ1n) is 6.95. The quantitative estimate of drug-likeness (QED) is 0.512. The summed E-state index contributed by atoms with van der Waals surface area (Å²) in [5, 5.41) is 4.22. The Morgan fingerprint density at radius 2 is 1.82 bits per heavy atom. The maximum Gasteiger partial charge on any atom is 0.227 e. The second-order valence-corrected chi connectivity index (χ2v) is 4.87. The highest BCUT2D eigenvalue weighted by Crippen LogP contribution is 2.21. The lowest BCUT2D eigenvalue weighted by molar-refractivity contribution is 0.753. The van der Waals surface area contributed by atoms with Crippen LogP contribution in [0.5, 0.6) is 0 Å². The molecule has 0 radical (unpaired) electrons. The van der Waals surface area contributed by atoms with E-state index < -0.39 is 0 Å². The number of para-hydroxylation sites is 2. The van der Waals surface area contributed by atoms with Gasteiger partial charge in [-0.1, -0.05) is 42.5 Å². The molecule has 2 aromatic carbocycles. The summed E-state index contributed by atoms with van der Waals surface area (Å²) in [6, 6.07) is 17.9. The Morgan fingerprint density at radius 3 is 2.73 bits per heavy atom. The molecule has 0 aliphatic carbocycles. The van der Waals surface area contributed by atoms with Gasteiger partial charge in [-0.2, -0.15) is 5.10 Å². The van der Waals surface area contributed by atoms with Crippen molar-refractivity contribution in [2.45, 2.75) is 0 Å². The molecule has 1 aromatic heterocycles. The molecule has 0 atom stereocenters. The minimum absolute atomic E-state index is 0.739. The van der Waals surface area contributed by atoms with E-state index in [0.717, 1.165) is 28.4 Å². The van der Waals surface area contributed by atoms with Crippen LogP contribution in [-0.4, -0.2) is 15.8 Å². The van der Waals surface area contributed by atoms with Gasteiger partial charge in [0.1, 0.15) is 0 Å². The number of rotatable bonds is 3. The first kappa shape index (κ1) is 12.5. The third kappa shape index (κ3) is 2.26. The van der Waals surface area contributed by atoms with Crippen LogP contribution in [0.2, 0.25) is 0 Å². The Morgan fingerprint density at radius 1 is 1.00 bits per heavy atom. The molecule has 1 aliphatic heterocycles. The van der Waals surface area contributed by atoms with Crippen molar-refractivity contribution in [1.82, 2.24) is 20.4 Å². The largest absolute Gasteiger partial charge is 0.281 e. The minimum atomic E-state index is 0.739. The summed E-state index contributed by atoms with van der Waals surface area (Å²) in [6.45, 7) is 0. The van der Waals surface area contributed by atoms with Crippen LogP contribution in [0, 0.1) is 0 Å². The number of hydrazine groups is 1. The lowest BCUT2D eigenvalue weighted by atomic mass is 10.2. The van der Waals surface area contributed by atoms with Crippen molar-refractivity contribution in [3.8, 4) is 0 Å². The van der Waals surface area contributed by atoms with Crippen molar-refractivity contribution in [3.63, 3.8) is 0 Å². The van der Waals surface area contributed by atoms with Gasteiger partial charge in [0.15, 0.2) is 5.82 Å². The third-order valence-electron chi connectivity index (χ3n) is 3.36. The molecule has 1 aliphatic rings. The van der Waals surface area contributed by atoms with E-state index in [1.54, 1.807) is 6.21 Å². The molecule has 3 aromatic rings. The smallest absolute Gasteiger partial charge is 0.227 e. The fraction of sp³-hybridized carbons (Fsp3) is 0. The Bertz CT molecular complexity index is 863. The van der Waals surface area contributed by atoms with Crippen LogP contribution in [0.1, 0.15) is 5.56 Å². The Balaban J connectivity index is 1.58. The van der Waals surface area contributed by atoms with E-state index >= 15 is 0 Å². The Kier molecular flexibility index (Phi) is 2.97. The molecule has 6 heteroatoms. The molecule has 0 saturated heterocycles.